The van der Waals surface area contributed by atoms with E-state index in [1.165, 1.54) is 21.8 Å². The van der Waals surface area contributed by atoms with E-state index in [0.717, 1.165) is 4.90 Å². The molecule has 0 saturated carbocycles. The van der Waals surface area contributed by atoms with Crippen molar-refractivity contribution in [2.45, 2.75) is 19.0 Å². The summed E-state index contributed by atoms with van der Waals surface area (Å²) in [5, 5.41) is 5.01. The normalized spacial score (nSPS) is 20.0. The molecule has 26 heavy (non-hydrogen) atoms. The van der Waals surface area contributed by atoms with Gasteiger partial charge in [-0.25, -0.2) is 9.78 Å². The average molecular weight is 389 g/mol. The number of hydrogen-bond acceptors (Lipinski definition) is 5. The van der Waals surface area contributed by atoms with E-state index >= 15 is 0 Å². The van der Waals surface area contributed by atoms with Crippen molar-refractivity contribution < 1.29 is 9.59 Å². The van der Waals surface area contributed by atoms with Crippen LogP contribution in [0.1, 0.15) is 18.2 Å². The summed E-state index contributed by atoms with van der Waals surface area (Å²) in [5.41, 5.74) is -0.450. The molecule has 0 bridgehead atoms. The third-order valence-corrected chi connectivity index (χ3v) is 5.38. The van der Waals surface area contributed by atoms with Crippen LogP contribution < -0.4 is 10.9 Å². The molecule has 7 nitrogen and oxygen atoms in total. The van der Waals surface area contributed by atoms with E-state index in [1.807, 2.05) is 0 Å². The summed E-state index contributed by atoms with van der Waals surface area (Å²) in [6, 6.07) is 7.53. The summed E-state index contributed by atoms with van der Waals surface area (Å²) >= 11 is 7.20. The van der Waals surface area contributed by atoms with Crippen molar-refractivity contribution >= 4 is 39.8 Å². The number of imide groups is 1. The summed E-state index contributed by atoms with van der Waals surface area (Å²) in [5.74, 6) is -0.405. The van der Waals surface area contributed by atoms with Crippen molar-refractivity contribution in [2.75, 3.05) is 0 Å². The number of carbonyl (C=O) groups is 2. The van der Waals surface area contributed by atoms with E-state index in [-0.39, 0.29) is 12.1 Å². The van der Waals surface area contributed by atoms with Gasteiger partial charge in [0.25, 0.3) is 11.5 Å². The van der Waals surface area contributed by atoms with Gasteiger partial charge in [0.1, 0.15) is 5.54 Å². The van der Waals surface area contributed by atoms with E-state index in [9.17, 15) is 14.4 Å². The van der Waals surface area contributed by atoms with Gasteiger partial charge in [0.2, 0.25) is 0 Å². The summed E-state index contributed by atoms with van der Waals surface area (Å²) in [6.07, 6.45) is 1.63. The molecule has 1 fully saturated rings. The summed E-state index contributed by atoms with van der Waals surface area (Å²) in [7, 11) is 0. The number of fused-ring (bicyclic) bond motifs is 1. The Morgan fingerprint density at radius 2 is 1.96 bits per heavy atom. The molecule has 1 aliphatic rings. The van der Waals surface area contributed by atoms with E-state index < -0.39 is 17.5 Å². The van der Waals surface area contributed by atoms with Crippen molar-refractivity contribution in [3.05, 3.63) is 68.5 Å². The first-order valence-corrected chi connectivity index (χ1v) is 9.00. The molecule has 3 amide bonds. The molecule has 9 heteroatoms. The minimum Gasteiger partial charge on any atom is -0.319 e. The van der Waals surface area contributed by atoms with Crippen molar-refractivity contribution in [2.24, 2.45) is 0 Å². The maximum absolute atomic E-state index is 12.9. The fraction of sp³-hybridized carbons (Fsp3) is 0.176. The first-order chi connectivity index (χ1) is 12.4. The SMILES string of the molecule is CC1(c2ccc(Cl)cc2)NC(=O)N(Cc2cc(=O)n3ccsc3n2)C1=O. The molecule has 4 rings (SSSR count). The van der Waals surface area contributed by atoms with Crippen molar-refractivity contribution in [3.8, 4) is 0 Å². The Morgan fingerprint density at radius 3 is 2.69 bits per heavy atom. The molecule has 1 unspecified atom stereocenters. The van der Waals surface area contributed by atoms with Crippen LogP contribution in [0, 0.1) is 0 Å². The van der Waals surface area contributed by atoms with Crippen molar-refractivity contribution in [1.82, 2.24) is 19.6 Å². The van der Waals surface area contributed by atoms with Crippen LogP contribution in [0.15, 0.2) is 46.7 Å². The maximum atomic E-state index is 12.9. The molecule has 1 atom stereocenters. The smallest absolute Gasteiger partial charge is 0.319 e. The lowest BCUT2D eigenvalue weighted by atomic mass is 9.92. The lowest BCUT2D eigenvalue weighted by Crippen LogP contribution is -2.40. The van der Waals surface area contributed by atoms with Crippen LogP contribution >= 0.6 is 22.9 Å². The van der Waals surface area contributed by atoms with Crippen molar-refractivity contribution in [1.29, 1.82) is 0 Å². The Labute approximate surface area is 156 Å². The molecule has 2 aromatic heterocycles. The number of carbonyl (C=O) groups excluding carboxylic acids is 2. The predicted octanol–water partition coefficient (Wildman–Crippen LogP) is 2.38. The van der Waals surface area contributed by atoms with Gasteiger partial charge in [-0.1, -0.05) is 23.7 Å². The molecule has 1 aliphatic heterocycles. The largest absolute Gasteiger partial charge is 0.325 e. The zero-order chi connectivity index (χ0) is 18.5. The second-order valence-electron chi connectivity index (χ2n) is 6.09. The Bertz CT molecular complexity index is 1090. The molecule has 1 N–H and O–H groups in total. The number of amides is 3. The minimum atomic E-state index is -1.19. The van der Waals surface area contributed by atoms with Crippen LogP contribution in [0.4, 0.5) is 4.79 Å². The second-order valence-corrected chi connectivity index (χ2v) is 7.40. The Morgan fingerprint density at radius 1 is 1.23 bits per heavy atom. The van der Waals surface area contributed by atoms with Gasteiger partial charge in [-0.05, 0) is 24.6 Å². The molecule has 0 radical (unpaired) electrons. The van der Waals surface area contributed by atoms with Crippen molar-refractivity contribution in [3.63, 3.8) is 0 Å². The highest BCUT2D eigenvalue weighted by Crippen LogP contribution is 2.30. The Balaban J connectivity index is 1.66. The highest BCUT2D eigenvalue weighted by atomic mass is 35.5. The topological polar surface area (TPSA) is 83.8 Å². The van der Waals surface area contributed by atoms with Crippen LogP contribution in [0.3, 0.4) is 0 Å². The molecule has 1 saturated heterocycles. The molecule has 3 aromatic rings. The first-order valence-electron chi connectivity index (χ1n) is 7.74. The Kier molecular flexibility index (Phi) is 3.82. The summed E-state index contributed by atoms with van der Waals surface area (Å²) in [4.78, 5) is 43.4. The number of aromatic nitrogens is 2. The van der Waals surface area contributed by atoms with Gasteiger partial charge in [0.05, 0.1) is 12.2 Å². The summed E-state index contributed by atoms with van der Waals surface area (Å²) in [6.45, 7) is 1.57. The van der Waals surface area contributed by atoms with E-state index in [1.54, 1.807) is 42.8 Å². The molecule has 0 aliphatic carbocycles. The fourth-order valence-corrected chi connectivity index (χ4v) is 3.81. The maximum Gasteiger partial charge on any atom is 0.325 e. The standard InChI is InChI=1S/C17H13ClN4O3S/c1-17(10-2-4-11(18)5-3-10)14(24)22(15(25)20-17)9-12-8-13(23)21-6-7-26-16(21)19-12/h2-8H,9H2,1H3,(H,20,25). The van der Waals surface area contributed by atoms with Gasteiger partial charge in [0, 0.05) is 22.7 Å². The monoisotopic (exact) mass is 388 g/mol. The fourth-order valence-electron chi connectivity index (χ4n) is 2.95. The minimum absolute atomic E-state index is 0.0719. The van der Waals surface area contributed by atoms with Gasteiger partial charge >= 0.3 is 6.03 Å². The second kappa shape index (κ2) is 5.93. The highest BCUT2D eigenvalue weighted by Gasteiger charge is 2.49. The number of halogens is 1. The number of urea groups is 1. The lowest BCUT2D eigenvalue weighted by Gasteiger charge is -2.22. The predicted molar refractivity (Wildman–Crippen MR) is 97.2 cm³/mol. The van der Waals surface area contributed by atoms with Gasteiger partial charge in [-0.2, -0.15) is 0 Å². The highest BCUT2D eigenvalue weighted by molar-refractivity contribution is 7.15. The summed E-state index contributed by atoms with van der Waals surface area (Å²) < 4.78 is 1.41. The van der Waals surface area contributed by atoms with Crippen LogP contribution in [0.25, 0.3) is 4.96 Å². The number of rotatable bonds is 3. The number of hydrogen-bond donors (Lipinski definition) is 1. The molecule has 132 valence electrons. The van der Waals surface area contributed by atoms with Gasteiger partial charge in [0.15, 0.2) is 4.96 Å². The van der Waals surface area contributed by atoms with E-state index in [0.29, 0.717) is 21.2 Å². The third-order valence-electron chi connectivity index (χ3n) is 4.37. The first kappa shape index (κ1) is 16.7. The van der Waals surface area contributed by atoms with Gasteiger partial charge in [-0.3, -0.25) is 18.9 Å². The number of benzene rings is 1. The molecule has 1 aromatic carbocycles. The van der Waals surface area contributed by atoms with Crippen LogP contribution in [0.5, 0.6) is 0 Å². The third kappa shape index (κ3) is 2.58. The van der Waals surface area contributed by atoms with Gasteiger partial charge < -0.3 is 5.32 Å². The molecule has 3 heterocycles. The zero-order valence-corrected chi connectivity index (χ0v) is 15.2. The van der Waals surface area contributed by atoms with Gasteiger partial charge in [-0.15, -0.1) is 11.3 Å². The molecular weight excluding hydrogens is 376 g/mol. The number of nitrogens with one attached hydrogen (secondary N) is 1. The molecular formula is C17H13ClN4O3S. The molecule has 0 spiro atoms. The van der Waals surface area contributed by atoms with Crippen LogP contribution in [0.2, 0.25) is 5.02 Å². The average Bonchev–Trinajstić information content (AvgIpc) is 3.15. The quantitative estimate of drug-likeness (QED) is 0.698. The van der Waals surface area contributed by atoms with E-state index in [4.69, 9.17) is 11.6 Å². The lowest BCUT2D eigenvalue weighted by molar-refractivity contribution is -0.131. The van der Waals surface area contributed by atoms with Crippen LogP contribution in [-0.2, 0) is 16.9 Å². The number of nitrogens with zero attached hydrogens (tertiary/aromatic N) is 3. The number of thiazole rings is 1. The zero-order valence-electron chi connectivity index (χ0n) is 13.6. The van der Waals surface area contributed by atoms with Crippen LogP contribution in [-0.4, -0.2) is 26.2 Å². The van der Waals surface area contributed by atoms with E-state index in [2.05, 4.69) is 10.3 Å². The Hall–Kier alpha value is -2.71.